The fourth-order valence-electron chi connectivity index (χ4n) is 1.36. The minimum atomic E-state index is -1.24. The lowest BCUT2D eigenvalue weighted by Crippen LogP contribution is -2.53. The van der Waals surface area contributed by atoms with Gasteiger partial charge in [0, 0.05) is 17.9 Å². The molecule has 1 aromatic rings. The van der Waals surface area contributed by atoms with Crippen molar-refractivity contribution in [3.05, 3.63) is 18.5 Å². The standard InChI is InChI=1S/C13H22BNO5/c1-6-19-11(16)15-8-7-10(9-15)14(18)20-13(4,5)12(2,3)17/h7-9,17-18H,6H2,1-5H3. The Kier molecular flexibility index (Phi) is 5.02. The molecule has 0 amide bonds. The van der Waals surface area contributed by atoms with Gasteiger partial charge in [-0.2, -0.15) is 0 Å². The molecular formula is C13H22BNO5. The van der Waals surface area contributed by atoms with Crippen molar-refractivity contribution in [3.63, 3.8) is 0 Å². The van der Waals surface area contributed by atoms with Gasteiger partial charge in [0.25, 0.3) is 0 Å². The molecule has 7 heteroatoms. The van der Waals surface area contributed by atoms with Gasteiger partial charge in [0.1, 0.15) is 0 Å². The Bertz CT molecular complexity index is 464. The van der Waals surface area contributed by atoms with Gasteiger partial charge in [-0.3, -0.25) is 4.57 Å². The Labute approximate surface area is 119 Å². The molecule has 0 unspecified atom stereocenters. The van der Waals surface area contributed by atoms with E-state index in [0.29, 0.717) is 5.46 Å². The third kappa shape index (κ3) is 3.85. The van der Waals surface area contributed by atoms with Gasteiger partial charge < -0.3 is 19.5 Å². The van der Waals surface area contributed by atoms with Crippen LogP contribution in [0, 0.1) is 0 Å². The van der Waals surface area contributed by atoms with Crippen LogP contribution >= 0.6 is 0 Å². The average molecular weight is 283 g/mol. The third-order valence-electron chi connectivity index (χ3n) is 3.36. The molecule has 1 aromatic heterocycles. The molecule has 0 fully saturated rings. The molecule has 2 N–H and O–H groups in total. The number of hydrogen-bond acceptors (Lipinski definition) is 5. The molecule has 0 saturated heterocycles. The van der Waals surface area contributed by atoms with Crippen LogP contribution in [0.3, 0.4) is 0 Å². The van der Waals surface area contributed by atoms with Crippen LogP contribution in [-0.4, -0.2) is 45.7 Å². The van der Waals surface area contributed by atoms with E-state index in [0.717, 1.165) is 0 Å². The summed E-state index contributed by atoms with van der Waals surface area (Å²) in [7, 11) is -1.24. The SMILES string of the molecule is CCOC(=O)n1ccc(B(O)OC(C)(C)C(C)(C)O)c1. The number of aliphatic hydroxyl groups is 1. The van der Waals surface area contributed by atoms with Gasteiger partial charge in [0.15, 0.2) is 0 Å². The molecule has 112 valence electrons. The zero-order valence-electron chi connectivity index (χ0n) is 12.6. The molecule has 6 nitrogen and oxygen atoms in total. The predicted octanol–water partition coefficient (Wildman–Crippen LogP) is 0.746. The summed E-state index contributed by atoms with van der Waals surface area (Å²) in [6, 6.07) is 1.56. The van der Waals surface area contributed by atoms with E-state index in [4.69, 9.17) is 9.39 Å². The van der Waals surface area contributed by atoms with Crippen molar-refractivity contribution in [2.45, 2.75) is 45.8 Å². The first kappa shape index (κ1) is 16.7. The largest absolute Gasteiger partial charge is 0.493 e. The van der Waals surface area contributed by atoms with Gasteiger partial charge in [-0.15, -0.1) is 0 Å². The third-order valence-corrected chi connectivity index (χ3v) is 3.36. The van der Waals surface area contributed by atoms with Gasteiger partial charge in [-0.05, 0) is 40.7 Å². The number of carbonyl (C=O) groups is 1. The summed E-state index contributed by atoms with van der Waals surface area (Å²) in [6.45, 7) is 8.55. The number of carbonyl (C=O) groups excluding carboxylic acids is 1. The first-order chi connectivity index (χ1) is 9.08. The topological polar surface area (TPSA) is 80.9 Å². The molecule has 20 heavy (non-hydrogen) atoms. The molecule has 0 aliphatic heterocycles. The monoisotopic (exact) mass is 283 g/mol. The van der Waals surface area contributed by atoms with Crippen LogP contribution < -0.4 is 5.46 Å². The van der Waals surface area contributed by atoms with Crippen LogP contribution in [0.1, 0.15) is 34.6 Å². The van der Waals surface area contributed by atoms with Crippen molar-refractivity contribution in [2.24, 2.45) is 0 Å². The fourth-order valence-corrected chi connectivity index (χ4v) is 1.36. The summed E-state index contributed by atoms with van der Waals surface area (Å²) in [4.78, 5) is 11.5. The highest BCUT2D eigenvalue weighted by atomic mass is 16.6. The molecule has 0 aliphatic carbocycles. The van der Waals surface area contributed by atoms with E-state index in [-0.39, 0.29) is 6.61 Å². The lowest BCUT2D eigenvalue weighted by atomic mass is 9.78. The zero-order valence-corrected chi connectivity index (χ0v) is 12.6. The maximum atomic E-state index is 11.5. The van der Waals surface area contributed by atoms with Crippen molar-refractivity contribution in [2.75, 3.05) is 6.61 Å². The van der Waals surface area contributed by atoms with Crippen molar-refractivity contribution in [3.8, 4) is 0 Å². The Morgan fingerprint density at radius 3 is 2.50 bits per heavy atom. The van der Waals surface area contributed by atoms with Crippen LogP contribution in [0.2, 0.25) is 0 Å². The maximum absolute atomic E-state index is 11.5. The van der Waals surface area contributed by atoms with Crippen molar-refractivity contribution in [1.82, 2.24) is 4.57 Å². The fraction of sp³-hybridized carbons (Fsp3) is 0.615. The van der Waals surface area contributed by atoms with Crippen molar-refractivity contribution >= 4 is 18.7 Å². The number of nitrogens with zero attached hydrogens (tertiary/aromatic N) is 1. The van der Waals surface area contributed by atoms with Gasteiger partial charge in [-0.25, -0.2) is 4.79 Å². The second kappa shape index (κ2) is 5.99. The highest BCUT2D eigenvalue weighted by Gasteiger charge is 2.39. The highest BCUT2D eigenvalue weighted by Crippen LogP contribution is 2.25. The smallest absolute Gasteiger partial charge is 0.449 e. The van der Waals surface area contributed by atoms with E-state index >= 15 is 0 Å². The van der Waals surface area contributed by atoms with Gasteiger partial charge in [0.05, 0.1) is 17.8 Å². The van der Waals surface area contributed by atoms with Crippen molar-refractivity contribution < 1.29 is 24.3 Å². The summed E-state index contributed by atoms with van der Waals surface area (Å²) in [5.41, 5.74) is -1.67. The summed E-state index contributed by atoms with van der Waals surface area (Å²) >= 11 is 0. The molecule has 0 spiro atoms. The van der Waals surface area contributed by atoms with Crippen LogP contribution in [0.5, 0.6) is 0 Å². The Morgan fingerprint density at radius 2 is 2.00 bits per heavy atom. The number of hydrogen-bond donors (Lipinski definition) is 2. The zero-order chi connectivity index (χ0) is 15.6. The van der Waals surface area contributed by atoms with E-state index in [2.05, 4.69) is 0 Å². The summed E-state index contributed by atoms with van der Waals surface area (Å²) in [5, 5.41) is 20.0. The Hall–Kier alpha value is -1.31. The second-order valence-electron chi connectivity index (χ2n) is 5.59. The maximum Gasteiger partial charge on any atom is 0.493 e. The minimum absolute atomic E-state index is 0.275. The lowest BCUT2D eigenvalue weighted by molar-refractivity contribution is -0.0982. The van der Waals surface area contributed by atoms with Crippen LogP contribution in [0.15, 0.2) is 18.5 Å². The van der Waals surface area contributed by atoms with Gasteiger partial charge in [0.2, 0.25) is 0 Å². The van der Waals surface area contributed by atoms with Crippen LogP contribution in [0.25, 0.3) is 0 Å². The minimum Gasteiger partial charge on any atom is -0.449 e. The molecule has 0 radical (unpaired) electrons. The summed E-state index contributed by atoms with van der Waals surface area (Å²) < 4.78 is 11.5. The second-order valence-corrected chi connectivity index (χ2v) is 5.59. The molecule has 0 aromatic carbocycles. The summed E-state index contributed by atoms with van der Waals surface area (Å²) in [6.07, 6.45) is 2.40. The van der Waals surface area contributed by atoms with Gasteiger partial charge in [-0.1, -0.05) is 0 Å². The van der Waals surface area contributed by atoms with E-state index in [1.54, 1.807) is 40.7 Å². The van der Waals surface area contributed by atoms with Crippen molar-refractivity contribution in [1.29, 1.82) is 0 Å². The molecule has 0 atom stereocenters. The quantitative estimate of drug-likeness (QED) is 0.779. The molecule has 1 heterocycles. The normalized spacial score (nSPS) is 12.3. The van der Waals surface area contributed by atoms with Crippen LogP contribution in [0.4, 0.5) is 4.79 Å². The average Bonchev–Trinajstić information content (AvgIpc) is 2.76. The predicted molar refractivity (Wildman–Crippen MR) is 75.9 cm³/mol. The first-order valence-electron chi connectivity index (χ1n) is 6.52. The van der Waals surface area contributed by atoms with Crippen LogP contribution in [-0.2, 0) is 9.39 Å². The number of ether oxygens (including phenoxy) is 1. The van der Waals surface area contributed by atoms with Gasteiger partial charge >= 0.3 is 13.2 Å². The highest BCUT2D eigenvalue weighted by molar-refractivity contribution is 6.60. The Balaban J connectivity index is 2.79. The number of rotatable bonds is 5. The number of aromatic nitrogens is 1. The molecule has 0 aliphatic rings. The van der Waals surface area contributed by atoms with E-state index in [1.807, 2.05) is 0 Å². The summed E-state index contributed by atoms with van der Waals surface area (Å²) in [5.74, 6) is 0. The first-order valence-corrected chi connectivity index (χ1v) is 6.52. The Morgan fingerprint density at radius 1 is 1.40 bits per heavy atom. The van der Waals surface area contributed by atoms with E-state index < -0.39 is 24.4 Å². The van der Waals surface area contributed by atoms with E-state index in [9.17, 15) is 14.9 Å². The lowest BCUT2D eigenvalue weighted by Gasteiger charge is -2.38. The molecular weight excluding hydrogens is 261 g/mol. The molecule has 0 saturated carbocycles. The molecule has 0 bridgehead atoms. The molecule has 1 rings (SSSR count). The van der Waals surface area contributed by atoms with E-state index in [1.165, 1.54) is 17.0 Å².